The van der Waals surface area contributed by atoms with Crippen LogP contribution in [-0.4, -0.2) is 66.6 Å². The van der Waals surface area contributed by atoms with Crippen molar-refractivity contribution in [3.63, 3.8) is 0 Å². The van der Waals surface area contributed by atoms with Crippen LogP contribution in [0.25, 0.3) is 0 Å². The van der Waals surface area contributed by atoms with Gasteiger partial charge >= 0.3 is 0 Å². The number of primary amides is 1. The second-order valence-electron chi connectivity index (χ2n) is 6.88. The van der Waals surface area contributed by atoms with E-state index in [1.54, 1.807) is 0 Å². The van der Waals surface area contributed by atoms with E-state index in [0.717, 1.165) is 45.6 Å². The molecule has 1 saturated heterocycles. The number of hydrogen-bond acceptors (Lipinski definition) is 4. The first-order valence-electron chi connectivity index (χ1n) is 7.70. The van der Waals surface area contributed by atoms with Gasteiger partial charge in [-0.3, -0.25) is 9.69 Å². The lowest BCUT2D eigenvalue weighted by molar-refractivity contribution is -0.124. The molecular weight excluding hydrogens is 252 g/mol. The van der Waals surface area contributed by atoms with Crippen LogP contribution in [0, 0.1) is 0 Å². The third-order valence-corrected chi connectivity index (χ3v) is 4.63. The number of hydrogen-bond donors (Lipinski definition) is 2. The molecule has 5 nitrogen and oxygen atoms in total. The number of piperazine rings is 1. The first-order chi connectivity index (χ1) is 9.21. The summed E-state index contributed by atoms with van der Waals surface area (Å²) in [7, 11) is 2.17. The first-order valence-corrected chi connectivity index (χ1v) is 7.70. The van der Waals surface area contributed by atoms with Crippen LogP contribution in [0.15, 0.2) is 0 Å². The van der Waals surface area contributed by atoms with Gasteiger partial charge < -0.3 is 16.0 Å². The molecule has 20 heavy (non-hydrogen) atoms. The molecule has 1 atom stereocenters. The molecule has 5 heteroatoms. The molecule has 0 spiro atoms. The zero-order valence-electron chi connectivity index (χ0n) is 13.8. The number of carbonyl (C=O) groups excluding carboxylic acids is 1. The summed E-state index contributed by atoms with van der Waals surface area (Å²) in [6.45, 7) is 13.4. The fourth-order valence-electron chi connectivity index (χ4n) is 2.61. The van der Waals surface area contributed by atoms with Crippen molar-refractivity contribution < 1.29 is 4.79 Å². The van der Waals surface area contributed by atoms with E-state index in [1.807, 2.05) is 6.92 Å². The van der Waals surface area contributed by atoms with E-state index in [2.05, 4.69) is 42.9 Å². The Kier molecular flexibility index (Phi) is 5.98. The maximum atomic E-state index is 11.7. The average Bonchev–Trinajstić information content (AvgIpc) is 2.37. The summed E-state index contributed by atoms with van der Waals surface area (Å²) in [5, 5.41) is 3.30. The minimum absolute atomic E-state index is 0.193. The van der Waals surface area contributed by atoms with Crippen molar-refractivity contribution in [2.45, 2.75) is 51.6 Å². The molecule has 1 unspecified atom stereocenters. The summed E-state index contributed by atoms with van der Waals surface area (Å²) in [5.41, 5.74) is 5.17. The van der Waals surface area contributed by atoms with Crippen molar-refractivity contribution in [3.05, 3.63) is 0 Å². The predicted octanol–water partition coefficient (Wildman–Crippen LogP) is 0.646. The molecule has 0 aromatic carbocycles. The van der Waals surface area contributed by atoms with Crippen LogP contribution in [-0.2, 0) is 4.79 Å². The van der Waals surface area contributed by atoms with Crippen molar-refractivity contribution in [1.29, 1.82) is 0 Å². The van der Waals surface area contributed by atoms with Crippen LogP contribution in [0.2, 0.25) is 0 Å². The van der Waals surface area contributed by atoms with Crippen LogP contribution in [0.3, 0.4) is 0 Å². The monoisotopic (exact) mass is 284 g/mol. The molecule has 1 aliphatic rings. The number of amides is 1. The van der Waals surface area contributed by atoms with E-state index >= 15 is 0 Å². The van der Waals surface area contributed by atoms with Gasteiger partial charge in [-0.2, -0.15) is 0 Å². The fourth-order valence-corrected chi connectivity index (χ4v) is 2.61. The van der Waals surface area contributed by atoms with E-state index in [-0.39, 0.29) is 11.4 Å². The Balaban J connectivity index is 2.54. The highest BCUT2D eigenvalue weighted by Gasteiger charge is 2.34. The molecule has 0 aromatic heterocycles. The normalized spacial score (nSPS) is 23.4. The third kappa shape index (κ3) is 4.43. The average molecular weight is 284 g/mol. The molecule has 0 aliphatic carbocycles. The molecule has 0 aromatic rings. The molecule has 0 bridgehead atoms. The number of likely N-dealkylation sites (N-methyl/N-ethyl adjacent to an activating group) is 1. The Hall–Kier alpha value is -0.650. The maximum absolute atomic E-state index is 11.7. The van der Waals surface area contributed by atoms with E-state index in [0.29, 0.717) is 0 Å². The summed E-state index contributed by atoms with van der Waals surface area (Å²) in [6.07, 6.45) is 1.77. The zero-order chi connectivity index (χ0) is 15.4. The molecule has 0 radical (unpaired) electrons. The lowest BCUT2D eigenvalue weighted by Crippen LogP contribution is -2.59. The highest BCUT2D eigenvalue weighted by molar-refractivity contribution is 5.84. The van der Waals surface area contributed by atoms with Crippen molar-refractivity contribution in [3.8, 4) is 0 Å². The van der Waals surface area contributed by atoms with Crippen LogP contribution >= 0.6 is 0 Å². The topological polar surface area (TPSA) is 61.6 Å². The first kappa shape index (κ1) is 17.4. The molecule has 3 N–H and O–H groups in total. The number of rotatable bonds is 7. The zero-order valence-corrected chi connectivity index (χ0v) is 13.8. The Morgan fingerprint density at radius 1 is 1.40 bits per heavy atom. The molecule has 118 valence electrons. The van der Waals surface area contributed by atoms with E-state index < -0.39 is 5.54 Å². The van der Waals surface area contributed by atoms with Crippen LogP contribution in [0.5, 0.6) is 0 Å². The standard InChI is InChI=1S/C15H32N4O/c1-6-8-17-15(4,13(16)20)7-9-19-11-10-18(5)14(2,3)12-19/h17H,6-12H2,1-5H3,(H2,16,20). The van der Waals surface area contributed by atoms with Gasteiger partial charge in [0.05, 0.1) is 5.54 Å². The second-order valence-corrected chi connectivity index (χ2v) is 6.88. The second kappa shape index (κ2) is 6.87. The lowest BCUT2D eigenvalue weighted by Gasteiger charge is -2.46. The van der Waals surface area contributed by atoms with E-state index in [4.69, 9.17) is 5.73 Å². The van der Waals surface area contributed by atoms with Crippen molar-refractivity contribution in [2.24, 2.45) is 5.73 Å². The summed E-state index contributed by atoms with van der Waals surface area (Å²) < 4.78 is 0. The van der Waals surface area contributed by atoms with Gasteiger partial charge in [-0.25, -0.2) is 0 Å². The molecule has 1 rings (SSSR count). The van der Waals surface area contributed by atoms with Gasteiger partial charge in [0.2, 0.25) is 5.91 Å². The van der Waals surface area contributed by atoms with Gasteiger partial charge in [0, 0.05) is 31.7 Å². The molecule has 1 heterocycles. The van der Waals surface area contributed by atoms with Gasteiger partial charge in [0.1, 0.15) is 0 Å². The Bertz CT molecular complexity index is 332. The summed E-state index contributed by atoms with van der Waals surface area (Å²) in [5.74, 6) is -0.251. The molecule has 1 fully saturated rings. The lowest BCUT2D eigenvalue weighted by atomic mass is 9.94. The molecular formula is C15H32N4O. The summed E-state index contributed by atoms with van der Waals surface area (Å²) in [6, 6.07) is 0. The van der Waals surface area contributed by atoms with Crippen molar-refractivity contribution >= 4 is 5.91 Å². The summed E-state index contributed by atoms with van der Waals surface area (Å²) >= 11 is 0. The number of nitrogens with two attached hydrogens (primary N) is 1. The van der Waals surface area contributed by atoms with Crippen molar-refractivity contribution in [2.75, 3.05) is 39.8 Å². The Morgan fingerprint density at radius 2 is 2.05 bits per heavy atom. The van der Waals surface area contributed by atoms with Crippen LogP contribution in [0.4, 0.5) is 0 Å². The SMILES string of the molecule is CCCNC(C)(CCN1CCN(C)C(C)(C)C1)C(N)=O. The van der Waals surface area contributed by atoms with Crippen LogP contribution in [0.1, 0.15) is 40.5 Å². The summed E-state index contributed by atoms with van der Waals surface area (Å²) in [4.78, 5) is 16.5. The highest BCUT2D eigenvalue weighted by Crippen LogP contribution is 2.20. The van der Waals surface area contributed by atoms with Gasteiger partial charge in [0.15, 0.2) is 0 Å². The van der Waals surface area contributed by atoms with Crippen LogP contribution < -0.4 is 11.1 Å². The smallest absolute Gasteiger partial charge is 0.237 e. The van der Waals surface area contributed by atoms with E-state index in [9.17, 15) is 4.79 Å². The number of carbonyl (C=O) groups is 1. The highest BCUT2D eigenvalue weighted by atomic mass is 16.1. The van der Waals surface area contributed by atoms with Gasteiger partial charge in [-0.05, 0) is 47.2 Å². The minimum Gasteiger partial charge on any atom is -0.368 e. The van der Waals surface area contributed by atoms with Crippen molar-refractivity contribution in [1.82, 2.24) is 15.1 Å². The largest absolute Gasteiger partial charge is 0.368 e. The minimum atomic E-state index is -0.594. The molecule has 1 aliphatic heterocycles. The quantitative estimate of drug-likeness (QED) is 0.720. The number of nitrogens with one attached hydrogen (secondary N) is 1. The van der Waals surface area contributed by atoms with Gasteiger partial charge in [0.25, 0.3) is 0 Å². The maximum Gasteiger partial charge on any atom is 0.237 e. The Labute approximate surface area is 123 Å². The molecule has 0 saturated carbocycles. The Morgan fingerprint density at radius 3 is 2.55 bits per heavy atom. The fraction of sp³-hybridized carbons (Fsp3) is 0.933. The molecule has 1 amide bonds. The van der Waals surface area contributed by atoms with E-state index in [1.165, 1.54) is 0 Å². The van der Waals surface area contributed by atoms with Gasteiger partial charge in [-0.1, -0.05) is 6.92 Å². The predicted molar refractivity (Wildman–Crippen MR) is 83.7 cm³/mol. The van der Waals surface area contributed by atoms with Gasteiger partial charge in [-0.15, -0.1) is 0 Å². The third-order valence-electron chi connectivity index (χ3n) is 4.63. The number of nitrogens with zero attached hydrogens (tertiary/aromatic N) is 2.